The van der Waals surface area contributed by atoms with Gasteiger partial charge in [-0.25, -0.2) is 0 Å². The van der Waals surface area contributed by atoms with Crippen molar-refractivity contribution in [3.05, 3.63) is 35.4 Å². The van der Waals surface area contributed by atoms with Crippen molar-refractivity contribution in [2.75, 3.05) is 6.54 Å². The lowest BCUT2D eigenvalue weighted by Crippen LogP contribution is -2.12. The highest BCUT2D eigenvalue weighted by molar-refractivity contribution is 5.31. The van der Waals surface area contributed by atoms with E-state index in [2.05, 4.69) is 29.6 Å². The molecule has 2 aliphatic rings. The van der Waals surface area contributed by atoms with Crippen molar-refractivity contribution in [3.8, 4) is 0 Å². The number of nitrogens with one attached hydrogen (secondary N) is 1. The molecule has 74 valence electrons. The molecule has 0 unspecified atom stereocenters. The van der Waals surface area contributed by atoms with Gasteiger partial charge < -0.3 is 5.32 Å². The number of rotatable bonds is 2. The summed E-state index contributed by atoms with van der Waals surface area (Å²) in [4.78, 5) is 0. The Bertz CT molecular complexity index is 322. The standard InChI is InChI=1S/C13H17N/c1-3-11(10-6-7-10)9-12(4-1)13-5-2-8-14-13/h1,3-4,9-10,13-14H,2,5-8H2/t13-/m1/s1. The fourth-order valence-corrected chi connectivity index (χ4v) is 2.42. The zero-order valence-corrected chi connectivity index (χ0v) is 8.50. The third-order valence-corrected chi connectivity index (χ3v) is 3.42. The Labute approximate surface area is 85.5 Å². The summed E-state index contributed by atoms with van der Waals surface area (Å²) in [6, 6.07) is 9.84. The van der Waals surface area contributed by atoms with Crippen molar-refractivity contribution in [2.24, 2.45) is 0 Å². The van der Waals surface area contributed by atoms with E-state index in [1.54, 1.807) is 5.56 Å². The predicted octanol–water partition coefficient (Wildman–Crippen LogP) is 2.99. The average Bonchev–Trinajstić information content (AvgIpc) is 2.94. The second-order valence-corrected chi connectivity index (χ2v) is 4.59. The molecule has 0 radical (unpaired) electrons. The second kappa shape index (κ2) is 3.39. The second-order valence-electron chi connectivity index (χ2n) is 4.59. The van der Waals surface area contributed by atoms with Crippen LogP contribution in [0, 0.1) is 0 Å². The zero-order valence-electron chi connectivity index (χ0n) is 8.50. The summed E-state index contributed by atoms with van der Waals surface area (Å²) in [5, 5.41) is 3.56. The van der Waals surface area contributed by atoms with Gasteiger partial charge in [-0.3, -0.25) is 0 Å². The molecule has 1 aromatic rings. The largest absolute Gasteiger partial charge is 0.310 e. The van der Waals surface area contributed by atoms with Gasteiger partial charge in [-0.15, -0.1) is 0 Å². The molecule has 1 saturated heterocycles. The Hall–Kier alpha value is -0.820. The van der Waals surface area contributed by atoms with Crippen molar-refractivity contribution in [1.82, 2.24) is 5.32 Å². The van der Waals surface area contributed by atoms with E-state index in [1.165, 1.54) is 37.8 Å². The molecule has 1 atom stereocenters. The Morgan fingerprint density at radius 3 is 2.64 bits per heavy atom. The maximum atomic E-state index is 3.56. The van der Waals surface area contributed by atoms with Gasteiger partial charge in [-0.05, 0) is 49.3 Å². The molecule has 0 amide bonds. The van der Waals surface area contributed by atoms with E-state index in [1.807, 2.05) is 0 Å². The van der Waals surface area contributed by atoms with Crippen LogP contribution < -0.4 is 5.32 Å². The van der Waals surface area contributed by atoms with Gasteiger partial charge in [0.05, 0.1) is 0 Å². The first-order valence-corrected chi connectivity index (χ1v) is 5.77. The first-order chi connectivity index (χ1) is 6.93. The molecule has 0 spiro atoms. The lowest BCUT2D eigenvalue weighted by atomic mass is 10.0. The van der Waals surface area contributed by atoms with Gasteiger partial charge in [-0.2, -0.15) is 0 Å². The van der Waals surface area contributed by atoms with Gasteiger partial charge in [0.1, 0.15) is 0 Å². The van der Waals surface area contributed by atoms with Gasteiger partial charge in [0.2, 0.25) is 0 Å². The van der Waals surface area contributed by atoms with Gasteiger partial charge >= 0.3 is 0 Å². The summed E-state index contributed by atoms with van der Waals surface area (Å²) in [7, 11) is 0. The van der Waals surface area contributed by atoms with Crippen molar-refractivity contribution < 1.29 is 0 Å². The maximum Gasteiger partial charge on any atom is 0.0320 e. The molecule has 14 heavy (non-hydrogen) atoms. The number of benzene rings is 1. The van der Waals surface area contributed by atoms with Crippen molar-refractivity contribution >= 4 is 0 Å². The molecule has 1 heterocycles. The van der Waals surface area contributed by atoms with Crippen molar-refractivity contribution in [2.45, 2.75) is 37.6 Å². The first kappa shape index (κ1) is 8.49. The highest BCUT2D eigenvalue weighted by Crippen LogP contribution is 2.40. The first-order valence-electron chi connectivity index (χ1n) is 5.77. The topological polar surface area (TPSA) is 12.0 Å². The molecule has 1 aliphatic carbocycles. The summed E-state index contributed by atoms with van der Waals surface area (Å²) in [6.45, 7) is 1.19. The minimum absolute atomic E-state index is 0.633. The Balaban J connectivity index is 1.85. The lowest BCUT2D eigenvalue weighted by molar-refractivity contribution is 0.647. The Morgan fingerprint density at radius 2 is 1.93 bits per heavy atom. The van der Waals surface area contributed by atoms with Crippen LogP contribution in [0.1, 0.15) is 48.8 Å². The number of hydrogen-bond acceptors (Lipinski definition) is 1. The predicted molar refractivity (Wildman–Crippen MR) is 58.4 cm³/mol. The van der Waals surface area contributed by atoms with Crippen LogP contribution in [0.4, 0.5) is 0 Å². The van der Waals surface area contributed by atoms with E-state index in [0.717, 1.165) is 5.92 Å². The minimum Gasteiger partial charge on any atom is -0.310 e. The van der Waals surface area contributed by atoms with E-state index in [9.17, 15) is 0 Å². The molecule has 1 aromatic carbocycles. The maximum absolute atomic E-state index is 3.56. The van der Waals surface area contributed by atoms with Crippen molar-refractivity contribution in [1.29, 1.82) is 0 Å². The average molecular weight is 187 g/mol. The van der Waals surface area contributed by atoms with Crippen LogP contribution >= 0.6 is 0 Å². The van der Waals surface area contributed by atoms with Gasteiger partial charge in [0, 0.05) is 6.04 Å². The van der Waals surface area contributed by atoms with Gasteiger partial charge in [-0.1, -0.05) is 24.3 Å². The van der Waals surface area contributed by atoms with Crippen LogP contribution in [0.5, 0.6) is 0 Å². The molecule has 2 fully saturated rings. The molecule has 1 saturated carbocycles. The lowest BCUT2D eigenvalue weighted by Gasteiger charge is -2.11. The van der Waals surface area contributed by atoms with Crippen LogP contribution in [0.3, 0.4) is 0 Å². The molecule has 3 rings (SSSR count). The van der Waals surface area contributed by atoms with E-state index in [0.29, 0.717) is 6.04 Å². The molecule has 1 aliphatic heterocycles. The van der Waals surface area contributed by atoms with E-state index in [4.69, 9.17) is 0 Å². The van der Waals surface area contributed by atoms with Crippen LogP contribution in [-0.4, -0.2) is 6.54 Å². The van der Waals surface area contributed by atoms with Gasteiger partial charge in [0.25, 0.3) is 0 Å². The summed E-state index contributed by atoms with van der Waals surface area (Å²) in [5.74, 6) is 0.886. The molecule has 1 N–H and O–H groups in total. The van der Waals surface area contributed by atoms with E-state index in [-0.39, 0.29) is 0 Å². The smallest absolute Gasteiger partial charge is 0.0320 e. The Kier molecular flexibility index (Phi) is 2.06. The molecular weight excluding hydrogens is 170 g/mol. The zero-order chi connectivity index (χ0) is 9.38. The van der Waals surface area contributed by atoms with Crippen molar-refractivity contribution in [3.63, 3.8) is 0 Å². The molecule has 1 nitrogen and oxygen atoms in total. The fraction of sp³-hybridized carbons (Fsp3) is 0.538. The summed E-state index contributed by atoms with van der Waals surface area (Å²) < 4.78 is 0. The normalized spacial score (nSPS) is 26.7. The highest BCUT2D eigenvalue weighted by Gasteiger charge is 2.24. The summed E-state index contributed by atoms with van der Waals surface area (Å²) in [6.07, 6.45) is 5.45. The molecule has 0 aromatic heterocycles. The summed E-state index contributed by atoms with van der Waals surface area (Å²) >= 11 is 0. The summed E-state index contributed by atoms with van der Waals surface area (Å²) in [5.41, 5.74) is 3.07. The van der Waals surface area contributed by atoms with Crippen LogP contribution in [0.25, 0.3) is 0 Å². The molecule has 1 heteroatoms. The third-order valence-electron chi connectivity index (χ3n) is 3.42. The molecule has 0 bridgehead atoms. The van der Waals surface area contributed by atoms with Crippen LogP contribution in [-0.2, 0) is 0 Å². The Morgan fingerprint density at radius 1 is 1.07 bits per heavy atom. The van der Waals surface area contributed by atoms with E-state index >= 15 is 0 Å². The monoisotopic (exact) mass is 187 g/mol. The quantitative estimate of drug-likeness (QED) is 0.750. The van der Waals surface area contributed by atoms with Crippen LogP contribution in [0.15, 0.2) is 24.3 Å². The van der Waals surface area contributed by atoms with E-state index < -0.39 is 0 Å². The SMILES string of the molecule is c1cc(C2CC2)cc([C@H]2CCCN2)c1. The fourth-order valence-electron chi connectivity index (χ4n) is 2.42. The minimum atomic E-state index is 0.633. The van der Waals surface area contributed by atoms with Gasteiger partial charge in [0.15, 0.2) is 0 Å². The third kappa shape index (κ3) is 1.57. The molecular formula is C13H17N. The van der Waals surface area contributed by atoms with Crippen LogP contribution in [0.2, 0.25) is 0 Å². The highest BCUT2D eigenvalue weighted by atomic mass is 14.9. The number of hydrogen-bond donors (Lipinski definition) is 1.